The molecule has 0 fully saturated rings. The maximum atomic E-state index is 11.5. The molecule has 0 aliphatic rings. The number of nitrogens with one attached hydrogen (secondary N) is 2. The Labute approximate surface area is 97.8 Å². The zero-order valence-electron chi connectivity index (χ0n) is 9.01. The van der Waals surface area contributed by atoms with E-state index in [1.54, 1.807) is 24.3 Å². The van der Waals surface area contributed by atoms with E-state index in [9.17, 15) is 4.79 Å². The number of aromatic amines is 1. The van der Waals surface area contributed by atoms with Gasteiger partial charge in [0.05, 0.1) is 17.6 Å². The average Bonchev–Trinajstić information content (AvgIpc) is 2.77. The zero-order valence-corrected chi connectivity index (χ0v) is 9.01. The van der Waals surface area contributed by atoms with Gasteiger partial charge in [-0.25, -0.2) is 4.79 Å². The van der Waals surface area contributed by atoms with Crippen LogP contribution in [0.5, 0.6) is 5.75 Å². The molecule has 0 saturated heterocycles. The van der Waals surface area contributed by atoms with E-state index >= 15 is 0 Å². The van der Waals surface area contributed by atoms with Crippen LogP contribution in [-0.4, -0.2) is 16.3 Å². The standard InChI is InChI=1S/C11H12N4O2/c12-6-9-10(7-13-15-9)14-11(16)17-8-4-2-1-3-5-8/h1-5,7H,6,12H2,(H,13,15)(H,14,16). The fourth-order valence-corrected chi connectivity index (χ4v) is 1.31. The maximum Gasteiger partial charge on any atom is 0.417 e. The predicted octanol–water partition coefficient (Wildman–Crippen LogP) is 1.48. The molecular weight excluding hydrogens is 220 g/mol. The van der Waals surface area contributed by atoms with Crippen LogP contribution in [0.4, 0.5) is 10.5 Å². The second-order valence-corrected chi connectivity index (χ2v) is 3.29. The third-order valence-corrected chi connectivity index (χ3v) is 2.11. The maximum absolute atomic E-state index is 11.5. The van der Waals surface area contributed by atoms with Crippen molar-refractivity contribution in [3.8, 4) is 5.75 Å². The Hall–Kier alpha value is -2.34. The number of ether oxygens (including phenoxy) is 1. The summed E-state index contributed by atoms with van der Waals surface area (Å²) in [6.45, 7) is 0.265. The highest BCUT2D eigenvalue weighted by atomic mass is 16.6. The highest BCUT2D eigenvalue weighted by molar-refractivity contribution is 5.86. The Morgan fingerprint density at radius 3 is 2.88 bits per heavy atom. The molecule has 0 unspecified atom stereocenters. The van der Waals surface area contributed by atoms with Crippen LogP contribution in [0.1, 0.15) is 5.69 Å². The van der Waals surface area contributed by atoms with E-state index in [2.05, 4.69) is 15.5 Å². The molecule has 1 aromatic carbocycles. The number of para-hydroxylation sites is 1. The SMILES string of the molecule is NCc1[nH]ncc1NC(=O)Oc1ccccc1. The summed E-state index contributed by atoms with van der Waals surface area (Å²) >= 11 is 0. The largest absolute Gasteiger partial charge is 0.417 e. The Morgan fingerprint density at radius 1 is 1.41 bits per heavy atom. The number of H-pyrrole nitrogens is 1. The van der Waals surface area contributed by atoms with Gasteiger partial charge in [0.25, 0.3) is 0 Å². The molecule has 0 bridgehead atoms. The van der Waals surface area contributed by atoms with Crippen molar-refractivity contribution in [2.24, 2.45) is 5.73 Å². The highest BCUT2D eigenvalue weighted by Crippen LogP contribution is 2.13. The molecule has 1 amide bonds. The minimum absolute atomic E-state index is 0.265. The van der Waals surface area contributed by atoms with E-state index in [1.807, 2.05) is 6.07 Å². The molecule has 4 N–H and O–H groups in total. The van der Waals surface area contributed by atoms with E-state index in [1.165, 1.54) is 6.20 Å². The van der Waals surface area contributed by atoms with Gasteiger partial charge in [-0.2, -0.15) is 5.10 Å². The monoisotopic (exact) mass is 232 g/mol. The molecule has 2 rings (SSSR count). The summed E-state index contributed by atoms with van der Waals surface area (Å²) in [5.74, 6) is 0.475. The lowest BCUT2D eigenvalue weighted by Crippen LogP contribution is -2.17. The van der Waals surface area contributed by atoms with Crippen LogP contribution >= 0.6 is 0 Å². The van der Waals surface area contributed by atoms with Gasteiger partial charge < -0.3 is 10.5 Å². The summed E-state index contributed by atoms with van der Waals surface area (Å²) in [5, 5.41) is 9.01. The number of carbonyl (C=O) groups is 1. The fraction of sp³-hybridized carbons (Fsp3) is 0.0909. The fourth-order valence-electron chi connectivity index (χ4n) is 1.31. The third kappa shape index (κ3) is 2.82. The van der Waals surface area contributed by atoms with Gasteiger partial charge in [0.1, 0.15) is 5.75 Å². The van der Waals surface area contributed by atoms with Crippen molar-refractivity contribution in [1.29, 1.82) is 0 Å². The van der Waals surface area contributed by atoms with Gasteiger partial charge in [0, 0.05) is 6.54 Å². The van der Waals surface area contributed by atoms with E-state index in [-0.39, 0.29) is 6.54 Å². The van der Waals surface area contributed by atoms with Crippen LogP contribution in [-0.2, 0) is 6.54 Å². The van der Waals surface area contributed by atoms with Gasteiger partial charge in [-0.3, -0.25) is 10.4 Å². The van der Waals surface area contributed by atoms with Crippen molar-refractivity contribution in [2.75, 3.05) is 5.32 Å². The summed E-state index contributed by atoms with van der Waals surface area (Å²) in [5.41, 5.74) is 6.63. The van der Waals surface area contributed by atoms with Gasteiger partial charge in [-0.15, -0.1) is 0 Å². The molecule has 17 heavy (non-hydrogen) atoms. The van der Waals surface area contributed by atoms with Crippen LogP contribution in [0, 0.1) is 0 Å². The number of anilines is 1. The molecule has 6 heteroatoms. The van der Waals surface area contributed by atoms with Gasteiger partial charge in [0.15, 0.2) is 0 Å². The summed E-state index contributed by atoms with van der Waals surface area (Å²) < 4.78 is 5.05. The topological polar surface area (TPSA) is 93.0 Å². The van der Waals surface area contributed by atoms with Crippen molar-refractivity contribution >= 4 is 11.8 Å². The summed E-state index contributed by atoms with van der Waals surface area (Å²) in [6.07, 6.45) is 0.904. The number of aromatic nitrogens is 2. The van der Waals surface area contributed by atoms with Crippen molar-refractivity contribution in [3.05, 3.63) is 42.2 Å². The molecule has 0 atom stereocenters. The third-order valence-electron chi connectivity index (χ3n) is 2.11. The van der Waals surface area contributed by atoms with Gasteiger partial charge in [-0.1, -0.05) is 18.2 Å². The first-order chi connectivity index (χ1) is 8.29. The summed E-state index contributed by atoms with van der Waals surface area (Å²) in [6, 6.07) is 8.79. The number of benzene rings is 1. The molecular formula is C11H12N4O2. The first-order valence-corrected chi connectivity index (χ1v) is 5.06. The molecule has 6 nitrogen and oxygen atoms in total. The molecule has 2 aromatic rings. The predicted molar refractivity (Wildman–Crippen MR) is 62.6 cm³/mol. The van der Waals surface area contributed by atoms with Gasteiger partial charge in [0.2, 0.25) is 0 Å². The Morgan fingerprint density at radius 2 is 2.18 bits per heavy atom. The second kappa shape index (κ2) is 5.13. The van der Waals surface area contributed by atoms with Crippen LogP contribution in [0.3, 0.4) is 0 Å². The van der Waals surface area contributed by atoms with Gasteiger partial charge >= 0.3 is 6.09 Å². The van der Waals surface area contributed by atoms with E-state index in [4.69, 9.17) is 10.5 Å². The number of hydrogen-bond acceptors (Lipinski definition) is 4. The number of nitrogens with two attached hydrogens (primary N) is 1. The number of carbonyl (C=O) groups excluding carboxylic acids is 1. The lowest BCUT2D eigenvalue weighted by molar-refractivity contribution is 0.215. The molecule has 0 spiro atoms. The van der Waals surface area contributed by atoms with E-state index in [0.717, 1.165) is 0 Å². The lowest BCUT2D eigenvalue weighted by atomic mass is 10.3. The molecule has 88 valence electrons. The molecule has 0 saturated carbocycles. The molecule has 0 radical (unpaired) electrons. The first-order valence-electron chi connectivity index (χ1n) is 5.06. The van der Waals surface area contributed by atoms with Crippen LogP contribution in [0.15, 0.2) is 36.5 Å². The lowest BCUT2D eigenvalue weighted by Gasteiger charge is -2.05. The summed E-state index contributed by atoms with van der Waals surface area (Å²) in [7, 11) is 0. The molecule has 0 aliphatic heterocycles. The minimum atomic E-state index is -0.577. The molecule has 1 heterocycles. The number of hydrogen-bond donors (Lipinski definition) is 3. The van der Waals surface area contributed by atoms with E-state index in [0.29, 0.717) is 17.1 Å². The Kier molecular flexibility index (Phi) is 3.37. The number of nitrogens with zero attached hydrogens (tertiary/aromatic N) is 1. The van der Waals surface area contributed by atoms with Crippen LogP contribution < -0.4 is 15.8 Å². The first kappa shape index (κ1) is 11.2. The molecule has 0 aliphatic carbocycles. The van der Waals surface area contributed by atoms with Crippen LogP contribution in [0.25, 0.3) is 0 Å². The summed E-state index contributed by atoms with van der Waals surface area (Å²) in [4.78, 5) is 11.5. The van der Waals surface area contributed by atoms with Crippen molar-refractivity contribution in [2.45, 2.75) is 6.54 Å². The normalized spacial score (nSPS) is 9.94. The van der Waals surface area contributed by atoms with E-state index < -0.39 is 6.09 Å². The van der Waals surface area contributed by atoms with Crippen molar-refractivity contribution in [1.82, 2.24) is 10.2 Å². The zero-order chi connectivity index (χ0) is 12.1. The van der Waals surface area contributed by atoms with Crippen molar-refractivity contribution in [3.63, 3.8) is 0 Å². The number of rotatable bonds is 3. The van der Waals surface area contributed by atoms with Gasteiger partial charge in [-0.05, 0) is 12.1 Å². The Balaban J connectivity index is 1.98. The van der Waals surface area contributed by atoms with Crippen molar-refractivity contribution < 1.29 is 9.53 Å². The average molecular weight is 232 g/mol. The smallest absolute Gasteiger partial charge is 0.410 e. The Bertz CT molecular complexity index is 495. The molecule has 1 aromatic heterocycles. The highest BCUT2D eigenvalue weighted by Gasteiger charge is 2.09. The van der Waals surface area contributed by atoms with Crippen LogP contribution in [0.2, 0.25) is 0 Å². The second-order valence-electron chi connectivity index (χ2n) is 3.29. The quantitative estimate of drug-likeness (QED) is 0.747. The minimum Gasteiger partial charge on any atom is -0.410 e. The number of amides is 1.